The summed E-state index contributed by atoms with van der Waals surface area (Å²) in [6.45, 7) is 6.31. The molecule has 1 fully saturated rings. The molecule has 0 bridgehead atoms. The molecular weight excluding hydrogens is 240 g/mol. The summed E-state index contributed by atoms with van der Waals surface area (Å²) in [7, 11) is 2.16. The Morgan fingerprint density at radius 1 is 1.21 bits per heavy atom. The van der Waals surface area contributed by atoms with Crippen molar-refractivity contribution < 1.29 is 9.53 Å². The van der Waals surface area contributed by atoms with Crippen LogP contribution in [0.2, 0.25) is 0 Å². The molecule has 0 unspecified atom stereocenters. The van der Waals surface area contributed by atoms with Crippen molar-refractivity contribution in [2.75, 3.05) is 46.4 Å². The number of carbonyl (C=O) groups is 1. The normalized spacial score (nSPS) is 17.3. The van der Waals surface area contributed by atoms with Gasteiger partial charge in [-0.3, -0.25) is 4.79 Å². The first kappa shape index (κ1) is 14.0. The van der Waals surface area contributed by atoms with Gasteiger partial charge in [0.15, 0.2) is 6.29 Å². The summed E-state index contributed by atoms with van der Waals surface area (Å²) in [5.74, 6) is 0.691. The van der Waals surface area contributed by atoms with Gasteiger partial charge in [-0.05, 0) is 25.6 Å². The third kappa shape index (κ3) is 4.33. The number of nitrogens with zero attached hydrogens (tertiary/aromatic N) is 2. The third-order valence-electron chi connectivity index (χ3n) is 3.52. The smallest absolute Gasteiger partial charge is 0.153 e. The molecule has 0 amide bonds. The molecule has 4 heteroatoms. The lowest BCUT2D eigenvalue weighted by Gasteiger charge is -2.32. The molecule has 19 heavy (non-hydrogen) atoms. The van der Waals surface area contributed by atoms with Crippen LogP contribution in [0.3, 0.4) is 0 Å². The van der Waals surface area contributed by atoms with E-state index >= 15 is 0 Å². The Morgan fingerprint density at radius 3 is 2.68 bits per heavy atom. The van der Waals surface area contributed by atoms with E-state index in [0.717, 1.165) is 45.4 Å². The summed E-state index contributed by atoms with van der Waals surface area (Å²) >= 11 is 0. The van der Waals surface area contributed by atoms with Crippen molar-refractivity contribution in [3.05, 3.63) is 29.8 Å². The van der Waals surface area contributed by atoms with Crippen LogP contribution in [0.4, 0.5) is 0 Å². The van der Waals surface area contributed by atoms with Gasteiger partial charge in [0.05, 0.1) is 12.2 Å². The Morgan fingerprint density at radius 2 is 1.95 bits per heavy atom. The zero-order chi connectivity index (χ0) is 13.5. The van der Waals surface area contributed by atoms with Gasteiger partial charge in [0, 0.05) is 32.7 Å². The lowest BCUT2D eigenvalue weighted by molar-refractivity contribution is 0.111. The summed E-state index contributed by atoms with van der Waals surface area (Å²) in [6, 6.07) is 7.37. The molecule has 2 rings (SSSR count). The Balaban J connectivity index is 1.68. The van der Waals surface area contributed by atoms with E-state index in [1.165, 1.54) is 0 Å². The second kappa shape index (κ2) is 7.26. The number of likely N-dealkylation sites (N-methyl/N-ethyl adjacent to an activating group) is 1. The standard InChI is InChI=1S/C15H22N2O2/c1-16-8-10-17(11-9-16)7-4-12-19-15-6-3-2-5-14(15)13-18/h2-3,5-6,13H,4,7-12H2,1H3. The first-order valence-electron chi connectivity index (χ1n) is 6.87. The lowest BCUT2D eigenvalue weighted by Crippen LogP contribution is -2.44. The molecular formula is C15H22N2O2. The van der Waals surface area contributed by atoms with Gasteiger partial charge < -0.3 is 14.5 Å². The lowest BCUT2D eigenvalue weighted by atomic mass is 10.2. The van der Waals surface area contributed by atoms with E-state index in [1.54, 1.807) is 6.07 Å². The predicted octanol–water partition coefficient (Wildman–Crippen LogP) is 1.52. The molecule has 0 atom stereocenters. The molecule has 0 spiro atoms. The van der Waals surface area contributed by atoms with Gasteiger partial charge in [-0.1, -0.05) is 12.1 Å². The van der Waals surface area contributed by atoms with Crippen molar-refractivity contribution in [3.8, 4) is 5.75 Å². The Kier molecular flexibility index (Phi) is 5.36. The molecule has 0 aromatic heterocycles. The zero-order valence-electron chi connectivity index (χ0n) is 11.5. The molecule has 0 radical (unpaired) electrons. The first-order valence-corrected chi connectivity index (χ1v) is 6.87. The highest BCUT2D eigenvalue weighted by Gasteiger charge is 2.12. The van der Waals surface area contributed by atoms with E-state index < -0.39 is 0 Å². The maximum absolute atomic E-state index is 10.8. The summed E-state index contributed by atoms with van der Waals surface area (Å²) in [5, 5.41) is 0. The van der Waals surface area contributed by atoms with Crippen LogP contribution in [0.25, 0.3) is 0 Å². The van der Waals surface area contributed by atoms with Crippen LogP contribution < -0.4 is 4.74 Å². The number of carbonyl (C=O) groups excluding carboxylic acids is 1. The van der Waals surface area contributed by atoms with Crippen LogP contribution >= 0.6 is 0 Å². The van der Waals surface area contributed by atoms with Gasteiger partial charge in [-0.25, -0.2) is 0 Å². The Labute approximate surface area is 115 Å². The molecule has 1 saturated heterocycles. The second-order valence-electron chi connectivity index (χ2n) is 5.00. The topological polar surface area (TPSA) is 32.8 Å². The maximum Gasteiger partial charge on any atom is 0.153 e. The molecule has 0 saturated carbocycles. The number of benzene rings is 1. The van der Waals surface area contributed by atoms with Crippen LogP contribution in [0.1, 0.15) is 16.8 Å². The minimum atomic E-state index is 0.627. The van der Waals surface area contributed by atoms with Crippen LogP contribution in [-0.4, -0.2) is 62.5 Å². The van der Waals surface area contributed by atoms with Crippen molar-refractivity contribution in [2.24, 2.45) is 0 Å². The number of rotatable bonds is 6. The molecule has 0 N–H and O–H groups in total. The van der Waals surface area contributed by atoms with E-state index in [0.29, 0.717) is 17.9 Å². The molecule has 0 aliphatic carbocycles. The fourth-order valence-electron chi connectivity index (χ4n) is 2.25. The third-order valence-corrected chi connectivity index (χ3v) is 3.52. The van der Waals surface area contributed by atoms with Crippen molar-refractivity contribution >= 4 is 6.29 Å². The molecule has 4 nitrogen and oxygen atoms in total. The summed E-state index contributed by atoms with van der Waals surface area (Å²) < 4.78 is 5.67. The van der Waals surface area contributed by atoms with Crippen molar-refractivity contribution in [2.45, 2.75) is 6.42 Å². The Hall–Kier alpha value is -1.39. The van der Waals surface area contributed by atoms with Gasteiger partial charge in [-0.2, -0.15) is 0 Å². The number of hydrogen-bond acceptors (Lipinski definition) is 4. The highest BCUT2D eigenvalue weighted by atomic mass is 16.5. The molecule has 1 heterocycles. The molecule has 1 aliphatic rings. The Bertz CT molecular complexity index is 401. The maximum atomic E-state index is 10.8. The predicted molar refractivity (Wildman–Crippen MR) is 75.9 cm³/mol. The number of hydrogen-bond donors (Lipinski definition) is 0. The van der Waals surface area contributed by atoms with Gasteiger partial charge in [0.25, 0.3) is 0 Å². The summed E-state index contributed by atoms with van der Waals surface area (Å²) in [5.41, 5.74) is 0.627. The number of para-hydroxylation sites is 1. The average Bonchev–Trinajstić information content (AvgIpc) is 2.46. The van der Waals surface area contributed by atoms with Gasteiger partial charge in [0.1, 0.15) is 5.75 Å². The van der Waals surface area contributed by atoms with Crippen LogP contribution in [0, 0.1) is 0 Å². The SMILES string of the molecule is CN1CCN(CCCOc2ccccc2C=O)CC1. The molecule has 1 aliphatic heterocycles. The molecule has 1 aromatic rings. The molecule has 104 valence electrons. The van der Waals surface area contributed by atoms with Crippen LogP contribution in [0.5, 0.6) is 5.75 Å². The average molecular weight is 262 g/mol. The monoisotopic (exact) mass is 262 g/mol. The van der Waals surface area contributed by atoms with Crippen LogP contribution in [0.15, 0.2) is 24.3 Å². The summed E-state index contributed by atoms with van der Waals surface area (Å²) in [4.78, 5) is 15.7. The minimum Gasteiger partial charge on any atom is -0.493 e. The van der Waals surface area contributed by atoms with Crippen molar-refractivity contribution in [3.63, 3.8) is 0 Å². The first-order chi connectivity index (χ1) is 9.29. The number of piperazine rings is 1. The number of ether oxygens (including phenoxy) is 1. The van der Waals surface area contributed by atoms with E-state index in [9.17, 15) is 4.79 Å². The largest absolute Gasteiger partial charge is 0.493 e. The van der Waals surface area contributed by atoms with Gasteiger partial charge in [0.2, 0.25) is 0 Å². The fourth-order valence-corrected chi connectivity index (χ4v) is 2.25. The van der Waals surface area contributed by atoms with Gasteiger partial charge >= 0.3 is 0 Å². The minimum absolute atomic E-state index is 0.627. The van der Waals surface area contributed by atoms with E-state index in [2.05, 4.69) is 16.8 Å². The van der Waals surface area contributed by atoms with Crippen molar-refractivity contribution in [1.29, 1.82) is 0 Å². The van der Waals surface area contributed by atoms with E-state index in [1.807, 2.05) is 18.2 Å². The quantitative estimate of drug-likeness (QED) is 0.575. The van der Waals surface area contributed by atoms with Crippen molar-refractivity contribution in [1.82, 2.24) is 9.80 Å². The number of aldehydes is 1. The summed E-state index contributed by atoms with van der Waals surface area (Å²) in [6.07, 6.45) is 1.84. The second-order valence-corrected chi connectivity index (χ2v) is 5.00. The zero-order valence-corrected chi connectivity index (χ0v) is 11.5. The van der Waals surface area contributed by atoms with Crippen LogP contribution in [-0.2, 0) is 0 Å². The highest BCUT2D eigenvalue weighted by molar-refractivity contribution is 5.79. The van der Waals surface area contributed by atoms with Gasteiger partial charge in [-0.15, -0.1) is 0 Å². The fraction of sp³-hybridized carbons (Fsp3) is 0.533. The van der Waals surface area contributed by atoms with E-state index in [-0.39, 0.29) is 0 Å². The van der Waals surface area contributed by atoms with E-state index in [4.69, 9.17) is 4.74 Å². The highest BCUT2D eigenvalue weighted by Crippen LogP contribution is 2.15. The molecule has 1 aromatic carbocycles.